The van der Waals surface area contributed by atoms with Crippen LogP contribution in [0.4, 0.5) is 0 Å². The van der Waals surface area contributed by atoms with E-state index in [4.69, 9.17) is 5.73 Å². The molecule has 1 aliphatic heterocycles. The predicted molar refractivity (Wildman–Crippen MR) is 76.4 cm³/mol. The molecule has 0 radical (unpaired) electrons. The number of hydrogen-bond acceptors (Lipinski definition) is 3. The van der Waals surface area contributed by atoms with Gasteiger partial charge in [-0.1, -0.05) is 30.3 Å². The Kier molecular flexibility index (Phi) is 4.75. The Morgan fingerprint density at radius 2 is 2.11 bits per heavy atom. The van der Waals surface area contributed by atoms with Crippen molar-refractivity contribution in [3.63, 3.8) is 0 Å². The zero-order valence-electron chi connectivity index (χ0n) is 11.5. The van der Waals surface area contributed by atoms with Gasteiger partial charge in [0.15, 0.2) is 0 Å². The summed E-state index contributed by atoms with van der Waals surface area (Å²) in [6.45, 7) is 6.34. The molecule has 2 unspecified atom stereocenters. The molecule has 2 N–H and O–H groups in total. The van der Waals surface area contributed by atoms with Crippen LogP contribution >= 0.6 is 0 Å². The van der Waals surface area contributed by atoms with Crippen LogP contribution in [0.2, 0.25) is 0 Å². The van der Waals surface area contributed by atoms with E-state index in [-0.39, 0.29) is 0 Å². The molecule has 0 amide bonds. The fourth-order valence-corrected chi connectivity index (χ4v) is 2.76. The summed E-state index contributed by atoms with van der Waals surface area (Å²) in [6.07, 6.45) is 1.26. The highest BCUT2D eigenvalue weighted by atomic mass is 15.3. The summed E-state index contributed by atoms with van der Waals surface area (Å²) in [4.78, 5) is 4.98. The van der Waals surface area contributed by atoms with Gasteiger partial charge in [-0.2, -0.15) is 0 Å². The lowest BCUT2D eigenvalue weighted by molar-refractivity contribution is 0.140. The van der Waals surface area contributed by atoms with E-state index in [0.717, 1.165) is 19.6 Å². The van der Waals surface area contributed by atoms with Crippen LogP contribution in [0.1, 0.15) is 18.9 Å². The van der Waals surface area contributed by atoms with Crippen LogP contribution in [-0.2, 0) is 6.54 Å². The molecule has 3 nitrogen and oxygen atoms in total. The molecule has 2 rings (SSSR count). The van der Waals surface area contributed by atoms with E-state index < -0.39 is 0 Å². The van der Waals surface area contributed by atoms with Crippen LogP contribution in [0.3, 0.4) is 0 Å². The molecule has 1 aromatic rings. The average molecular weight is 247 g/mol. The summed E-state index contributed by atoms with van der Waals surface area (Å²) in [7, 11) is 2.20. The Hall–Kier alpha value is -0.900. The first-order chi connectivity index (χ1) is 8.70. The van der Waals surface area contributed by atoms with Crippen molar-refractivity contribution in [2.75, 3.05) is 26.7 Å². The van der Waals surface area contributed by atoms with Crippen LogP contribution in [0, 0.1) is 0 Å². The first-order valence-corrected chi connectivity index (χ1v) is 6.89. The van der Waals surface area contributed by atoms with E-state index in [1.807, 2.05) is 0 Å². The molecule has 0 aliphatic carbocycles. The molecule has 2 atom stereocenters. The minimum Gasteiger partial charge on any atom is -0.329 e. The average Bonchev–Trinajstić information content (AvgIpc) is 2.83. The molecular weight excluding hydrogens is 222 g/mol. The maximum absolute atomic E-state index is 5.87. The summed E-state index contributed by atoms with van der Waals surface area (Å²) in [5.74, 6) is 0. The number of rotatable bonds is 5. The van der Waals surface area contributed by atoms with Gasteiger partial charge < -0.3 is 10.6 Å². The van der Waals surface area contributed by atoms with Crippen molar-refractivity contribution >= 4 is 0 Å². The van der Waals surface area contributed by atoms with Gasteiger partial charge in [-0.15, -0.1) is 0 Å². The van der Waals surface area contributed by atoms with Crippen LogP contribution < -0.4 is 5.73 Å². The van der Waals surface area contributed by atoms with Crippen molar-refractivity contribution in [2.45, 2.75) is 32.0 Å². The van der Waals surface area contributed by atoms with Gasteiger partial charge in [-0.05, 0) is 32.5 Å². The van der Waals surface area contributed by atoms with E-state index >= 15 is 0 Å². The van der Waals surface area contributed by atoms with E-state index in [1.165, 1.54) is 18.5 Å². The monoisotopic (exact) mass is 247 g/mol. The first-order valence-electron chi connectivity index (χ1n) is 6.89. The molecule has 100 valence electrons. The first kappa shape index (κ1) is 13.5. The van der Waals surface area contributed by atoms with E-state index in [0.29, 0.717) is 12.1 Å². The molecule has 0 aromatic heterocycles. The van der Waals surface area contributed by atoms with Gasteiger partial charge in [-0.25, -0.2) is 0 Å². The molecule has 0 bridgehead atoms. The highest BCUT2D eigenvalue weighted by Crippen LogP contribution is 2.19. The molecule has 18 heavy (non-hydrogen) atoms. The lowest BCUT2D eigenvalue weighted by Gasteiger charge is -2.34. The van der Waals surface area contributed by atoms with Crippen molar-refractivity contribution < 1.29 is 0 Å². The van der Waals surface area contributed by atoms with Gasteiger partial charge in [-0.3, -0.25) is 4.90 Å². The third kappa shape index (κ3) is 3.31. The fourth-order valence-electron chi connectivity index (χ4n) is 2.76. The molecule has 1 aromatic carbocycles. The van der Waals surface area contributed by atoms with E-state index in [9.17, 15) is 0 Å². The van der Waals surface area contributed by atoms with Crippen LogP contribution in [0.25, 0.3) is 0 Å². The molecule has 0 spiro atoms. The molecule has 1 aliphatic rings. The Morgan fingerprint density at radius 1 is 1.39 bits per heavy atom. The molecule has 1 heterocycles. The van der Waals surface area contributed by atoms with Gasteiger partial charge in [0.1, 0.15) is 0 Å². The van der Waals surface area contributed by atoms with Crippen molar-refractivity contribution in [1.29, 1.82) is 0 Å². The third-order valence-electron chi connectivity index (χ3n) is 3.95. The number of likely N-dealkylation sites (N-methyl/N-ethyl adjacent to an activating group) is 1. The van der Waals surface area contributed by atoms with Crippen molar-refractivity contribution in [3.05, 3.63) is 35.9 Å². The standard InChI is InChI=1S/C15H25N3/c1-13(10-16)18(15-8-9-17(2)12-15)11-14-6-4-3-5-7-14/h3-7,13,15H,8-12,16H2,1-2H3. The van der Waals surface area contributed by atoms with Gasteiger partial charge in [0.25, 0.3) is 0 Å². The lowest BCUT2D eigenvalue weighted by Crippen LogP contribution is -2.45. The minimum absolute atomic E-state index is 0.446. The van der Waals surface area contributed by atoms with Crippen LogP contribution in [-0.4, -0.2) is 48.6 Å². The normalized spacial score (nSPS) is 22.6. The maximum Gasteiger partial charge on any atom is 0.0242 e. The Morgan fingerprint density at radius 3 is 2.67 bits per heavy atom. The predicted octanol–water partition coefficient (Wildman–Crippen LogP) is 1.54. The highest BCUT2D eigenvalue weighted by Gasteiger charge is 2.28. The largest absolute Gasteiger partial charge is 0.329 e. The van der Waals surface area contributed by atoms with E-state index in [1.54, 1.807) is 0 Å². The summed E-state index contributed by atoms with van der Waals surface area (Å²) in [6, 6.07) is 11.8. The highest BCUT2D eigenvalue weighted by molar-refractivity contribution is 5.15. The molecule has 1 fully saturated rings. The van der Waals surface area contributed by atoms with Crippen LogP contribution in [0.5, 0.6) is 0 Å². The number of nitrogens with zero attached hydrogens (tertiary/aromatic N) is 2. The van der Waals surface area contributed by atoms with Crippen molar-refractivity contribution in [3.8, 4) is 0 Å². The number of hydrogen-bond donors (Lipinski definition) is 1. The Bertz CT molecular complexity index is 352. The van der Waals surface area contributed by atoms with Gasteiger partial charge >= 0.3 is 0 Å². The van der Waals surface area contributed by atoms with Gasteiger partial charge in [0.05, 0.1) is 0 Å². The van der Waals surface area contributed by atoms with Gasteiger partial charge in [0.2, 0.25) is 0 Å². The number of likely N-dealkylation sites (tertiary alicyclic amines) is 1. The fraction of sp³-hybridized carbons (Fsp3) is 0.600. The number of benzene rings is 1. The summed E-state index contributed by atoms with van der Waals surface area (Å²) in [5, 5.41) is 0. The second-order valence-corrected chi connectivity index (χ2v) is 5.45. The summed E-state index contributed by atoms with van der Waals surface area (Å²) >= 11 is 0. The zero-order chi connectivity index (χ0) is 13.0. The molecular formula is C15H25N3. The summed E-state index contributed by atoms with van der Waals surface area (Å²) in [5.41, 5.74) is 7.26. The Balaban J connectivity index is 2.06. The quantitative estimate of drug-likeness (QED) is 0.856. The topological polar surface area (TPSA) is 32.5 Å². The number of nitrogens with two attached hydrogens (primary N) is 1. The van der Waals surface area contributed by atoms with Crippen molar-refractivity contribution in [1.82, 2.24) is 9.80 Å². The second kappa shape index (κ2) is 6.32. The van der Waals surface area contributed by atoms with Gasteiger partial charge in [0, 0.05) is 31.7 Å². The maximum atomic E-state index is 5.87. The van der Waals surface area contributed by atoms with Crippen LogP contribution in [0.15, 0.2) is 30.3 Å². The Labute approximate surface area is 111 Å². The molecule has 0 saturated carbocycles. The van der Waals surface area contributed by atoms with Crippen molar-refractivity contribution in [2.24, 2.45) is 5.73 Å². The molecule has 3 heteroatoms. The minimum atomic E-state index is 0.446. The van der Waals surface area contributed by atoms with E-state index in [2.05, 4.69) is 54.1 Å². The smallest absolute Gasteiger partial charge is 0.0242 e. The molecule has 1 saturated heterocycles. The zero-order valence-corrected chi connectivity index (χ0v) is 11.5. The summed E-state index contributed by atoms with van der Waals surface area (Å²) < 4.78 is 0. The SMILES string of the molecule is CC(CN)N(Cc1ccccc1)C1CCN(C)C1. The lowest BCUT2D eigenvalue weighted by atomic mass is 10.1. The third-order valence-corrected chi connectivity index (χ3v) is 3.95. The second-order valence-electron chi connectivity index (χ2n) is 5.45.